The molecule has 2 amide bonds. The van der Waals surface area contributed by atoms with E-state index in [-0.39, 0.29) is 17.9 Å². The molecule has 2 aliphatic rings. The van der Waals surface area contributed by atoms with E-state index in [2.05, 4.69) is 10.3 Å². The third kappa shape index (κ3) is 2.40. The van der Waals surface area contributed by atoms with E-state index in [9.17, 15) is 9.59 Å². The highest BCUT2D eigenvalue weighted by molar-refractivity contribution is 5.97. The molecule has 20 heavy (non-hydrogen) atoms. The lowest BCUT2D eigenvalue weighted by Crippen LogP contribution is -2.62. The van der Waals surface area contributed by atoms with Crippen molar-refractivity contribution in [3.05, 3.63) is 29.6 Å². The molecule has 106 valence electrons. The van der Waals surface area contributed by atoms with Crippen LogP contribution in [0.2, 0.25) is 0 Å². The Bertz CT molecular complexity index is 554. The van der Waals surface area contributed by atoms with Gasteiger partial charge in [-0.2, -0.15) is 0 Å². The van der Waals surface area contributed by atoms with Crippen LogP contribution >= 0.6 is 0 Å². The molecule has 2 fully saturated rings. The number of carbonyl (C=O) groups is 2. The van der Waals surface area contributed by atoms with Crippen LogP contribution < -0.4 is 5.32 Å². The molecule has 0 radical (unpaired) electrons. The van der Waals surface area contributed by atoms with E-state index in [1.807, 2.05) is 25.1 Å². The third-order valence-electron chi connectivity index (χ3n) is 4.07. The number of carbonyl (C=O) groups excluding carboxylic acids is 2. The van der Waals surface area contributed by atoms with Gasteiger partial charge in [-0.25, -0.2) is 0 Å². The number of rotatable bonds is 3. The zero-order valence-corrected chi connectivity index (χ0v) is 11.8. The lowest BCUT2D eigenvalue weighted by atomic mass is 10.0. The Labute approximate surface area is 118 Å². The van der Waals surface area contributed by atoms with Crippen molar-refractivity contribution in [2.24, 2.45) is 5.92 Å². The first-order valence-corrected chi connectivity index (χ1v) is 7.09. The molecule has 1 saturated heterocycles. The molecule has 2 heterocycles. The average Bonchev–Trinajstić information content (AvgIpc) is 3.23. The molecule has 1 aliphatic carbocycles. The Morgan fingerprint density at radius 1 is 1.35 bits per heavy atom. The van der Waals surface area contributed by atoms with E-state index < -0.39 is 6.04 Å². The summed E-state index contributed by atoms with van der Waals surface area (Å²) in [6.45, 7) is 4.09. The molecule has 1 aliphatic heterocycles. The van der Waals surface area contributed by atoms with Gasteiger partial charge >= 0.3 is 0 Å². The van der Waals surface area contributed by atoms with Gasteiger partial charge < -0.3 is 10.2 Å². The lowest BCUT2D eigenvalue weighted by molar-refractivity contribution is -0.150. The van der Waals surface area contributed by atoms with Crippen molar-refractivity contribution in [1.82, 2.24) is 15.2 Å². The largest absolute Gasteiger partial charge is 0.342 e. The predicted octanol–water partition coefficient (Wildman–Crippen LogP) is 1.02. The van der Waals surface area contributed by atoms with Crippen molar-refractivity contribution in [3.8, 4) is 0 Å². The van der Waals surface area contributed by atoms with Gasteiger partial charge in [0.2, 0.25) is 11.8 Å². The minimum atomic E-state index is -0.431. The highest BCUT2D eigenvalue weighted by Crippen LogP contribution is 2.35. The minimum Gasteiger partial charge on any atom is -0.342 e. The van der Waals surface area contributed by atoms with E-state index >= 15 is 0 Å². The lowest BCUT2D eigenvalue weighted by Gasteiger charge is -2.37. The molecule has 5 heteroatoms. The summed E-state index contributed by atoms with van der Waals surface area (Å²) in [4.78, 5) is 30.6. The van der Waals surface area contributed by atoms with Gasteiger partial charge in [0.05, 0.1) is 12.2 Å². The number of nitrogens with one attached hydrogen (secondary N) is 1. The van der Waals surface area contributed by atoms with Gasteiger partial charge in [0.15, 0.2) is 0 Å². The van der Waals surface area contributed by atoms with Crippen molar-refractivity contribution in [2.45, 2.75) is 45.3 Å². The number of amides is 2. The van der Waals surface area contributed by atoms with Crippen molar-refractivity contribution < 1.29 is 9.59 Å². The molecule has 1 N–H and O–H groups in total. The van der Waals surface area contributed by atoms with Crippen LogP contribution in [0, 0.1) is 12.8 Å². The van der Waals surface area contributed by atoms with Crippen LogP contribution in [0.4, 0.5) is 0 Å². The number of nitrogens with zero attached hydrogens (tertiary/aromatic N) is 2. The summed E-state index contributed by atoms with van der Waals surface area (Å²) >= 11 is 0. The number of hydrogen-bond acceptors (Lipinski definition) is 3. The zero-order valence-electron chi connectivity index (χ0n) is 11.8. The topological polar surface area (TPSA) is 62.3 Å². The zero-order chi connectivity index (χ0) is 14.3. The van der Waals surface area contributed by atoms with Gasteiger partial charge in [-0.1, -0.05) is 6.07 Å². The summed E-state index contributed by atoms with van der Waals surface area (Å²) in [5.41, 5.74) is 1.75. The van der Waals surface area contributed by atoms with Crippen LogP contribution in [0.5, 0.6) is 0 Å². The maximum Gasteiger partial charge on any atom is 0.246 e. The normalized spacial score (nSPS) is 26.6. The predicted molar refractivity (Wildman–Crippen MR) is 73.6 cm³/mol. The summed E-state index contributed by atoms with van der Waals surface area (Å²) < 4.78 is 0. The number of aromatic nitrogens is 1. The molecule has 1 saturated carbocycles. The Morgan fingerprint density at radius 2 is 2.10 bits per heavy atom. The van der Waals surface area contributed by atoms with Gasteiger partial charge in [-0.3, -0.25) is 14.6 Å². The SMILES string of the molecule is Cc1cccc(CN2C(=O)C(C3CC3)NC(=O)C2C)n1. The number of piperazine rings is 1. The molecule has 5 nitrogen and oxygen atoms in total. The van der Waals surface area contributed by atoms with E-state index in [1.165, 1.54) is 0 Å². The van der Waals surface area contributed by atoms with Crippen molar-refractivity contribution in [2.75, 3.05) is 0 Å². The molecule has 1 aromatic heterocycles. The summed E-state index contributed by atoms with van der Waals surface area (Å²) in [5.74, 6) is 0.295. The van der Waals surface area contributed by atoms with Crippen LogP contribution in [-0.4, -0.2) is 33.8 Å². The second-order valence-electron chi connectivity index (χ2n) is 5.74. The van der Waals surface area contributed by atoms with E-state index in [1.54, 1.807) is 11.8 Å². The first-order chi connectivity index (χ1) is 9.56. The van der Waals surface area contributed by atoms with Crippen LogP contribution in [0.1, 0.15) is 31.2 Å². The quantitative estimate of drug-likeness (QED) is 0.894. The maximum atomic E-state index is 12.5. The molecular formula is C15H19N3O2. The van der Waals surface area contributed by atoms with Crippen molar-refractivity contribution >= 4 is 11.8 Å². The van der Waals surface area contributed by atoms with E-state index in [4.69, 9.17) is 0 Å². The van der Waals surface area contributed by atoms with Crippen molar-refractivity contribution in [3.63, 3.8) is 0 Å². The smallest absolute Gasteiger partial charge is 0.246 e. The fourth-order valence-corrected chi connectivity index (χ4v) is 2.67. The van der Waals surface area contributed by atoms with Gasteiger partial charge in [-0.15, -0.1) is 0 Å². The van der Waals surface area contributed by atoms with Crippen LogP contribution in [0.3, 0.4) is 0 Å². The monoisotopic (exact) mass is 273 g/mol. The average molecular weight is 273 g/mol. The van der Waals surface area contributed by atoms with Crippen LogP contribution in [-0.2, 0) is 16.1 Å². The molecule has 1 aromatic rings. The number of pyridine rings is 1. The standard InChI is InChI=1S/C15H19N3O2/c1-9-4-3-5-12(16-9)8-18-10(2)14(19)17-13(15(18)20)11-6-7-11/h3-5,10-11,13H,6-8H2,1-2H3,(H,17,19). The highest BCUT2D eigenvalue weighted by atomic mass is 16.2. The Morgan fingerprint density at radius 3 is 2.75 bits per heavy atom. The number of hydrogen-bond donors (Lipinski definition) is 1. The molecule has 0 bridgehead atoms. The molecule has 0 aromatic carbocycles. The van der Waals surface area contributed by atoms with Gasteiger partial charge in [0, 0.05) is 5.69 Å². The summed E-state index contributed by atoms with van der Waals surface area (Å²) in [5, 5.41) is 2.85. The summed E-state index contributed by atoms with van der Waals surface area (Å²) in [6.07, 6.45) is 2.06. The third-order valence-corrected chi connectivity index (χ3v) is 4.07. The molecule has 2 atom stereocenters. The van der Waals surface area contributed by atoms with Gasteiger partial charge in [0.1, 0.15) is 12.1 Å². The first kappa shape index (κ1) is 13.1. The highest BCUT2D eigenvalue weighted by Gasteiger charge is 2.45. The summed E-state index contributed by atoms with van der Waals surface area (Å²) in [6, 6.07) is 4.98. The molecule has 0 spiro atoms. The van der Waals surface area contributed by atoms with E-state index in [0.717, 1.165) is 24.2 Å². The van der Waals surface area contributed by atoms with Crippen LogP contribution in [0.25, 0.3) is 0 Å². The fraction of sp³-hybridized carbons (Fsp3) is 0.533. The first-order valence-electron chi connectivity index (χ1n) is 7.09. The summed E-state index contributed by atoms with van der Waals surface area (Å²) in [7, 11) is 0. The van der Waals surface area contributed by atoms with Crippen LogP contribution in [0.15, 0.2) is 18.2 Å². The van der Waals surface area contributed by atoms with Gasteiger partial charge in [0.25, 0.3) is 0 Å². The molecule has 3 rings (SSSR count). The minimum absolute atomic E-state index is 0.0305. The second-order valence-corrected chi connectivity index (χ2v) is 5.74. The maximum absolute atomic E-state index is 12.5. The Kier molecular flexibility index (Phi) is 3.20. The Balaban J connectivity index is 1.81. The second kappa shape index (κ2) is 4.89. The van der Waals surface area contributed by atoms with E-state index in [0.29, 0.717) is 12.5 Å². The number of aryl methyl sites for hydroxylation is 1. The molecule has 2 unspecified atom stereocenters. The molecular weight excluding hydrogens is 254 g/mol. The fourth-order valence-electron chi connectivity index (χ4n) is 2.67. The Hall–Kier alpha value is -1.91. The van der Waals surface area contributed by atoms with Crippen molar-refractivity contribution in [1.29, 1.82) is 0 Å². The van der Waals surface area contributed by atoms with Gasteiger partial charge in [-0.05, 0) is 44.7 Å².